The van der Waals surface area contributed by atoms with E-state index >= 15 is 0 Å². The van der Waals surface area contributed by atoms with Crippen molar-refractivity contribution in [3.63, 3.8) is 0 Å². The second kappa shape index (κ2) is 8.84. The lowest BCUT2D eigenvalue weighted by Crippen LogP contribution is -2.48. The Bertz CT molecular complexity index is 1710. The van der Waals surface area contributed by atoms with Crippen LogP contribution in [-0.2, 0) is 44.6 Å². The van der Waals surface area contributed by atoms with Crippen LogP contribution in [0, 0.1) is 0 Å². The Kier molecular flexibility index (Phi) is 5.50. The van der Waals surface area contributed by atoms with Crippen LogP contribution in [0.25, 0.3) is 0 Å². The largest absolute Gasteiger partial charge is 0.406 e. The van der Waals surface area contributed by atoms with Crippen molar-refractivity contribution in [3.8, 4) is 0 Å². The average molecular weight is 577 g/mol. The van der Waals surface area contributed by atoms with Gasteiger partial charge in [-0.1, -0.05) is 30.3 Å². The summed E-state index contributed by atoms with van der Waals surface area (Å²) in [6, 6.07) is 10.9. The number of pyridine rings is 2. The van der Waals surface area contributed by atoms with Crippen LogP contribution in [0.4, 0.5) is 29.5 Å². The number of carbonyl (C=O) groups excluding carboxylic acids is 4. The molecule has 10 nitrogen and oxygen atoms in total. The van der Waals surface area contributed by atoms with Crippen molar-refractivity contribution in [3.05, 3.63) is 82.8 Å². The molecule has 2 atom stereocenters. The number of benzene rings is 1. The van der Waals surface area contributed by atoms with Crippen molar-refractivity contribution in [1.82, 2.24) is 19.8 Å². The summed E-state index contributed by atoms with van der Waals surface area (Å²) in [5.74, 6) is -1.36. The predicted octanol–water partition coefficient (Wildman–Crippen LogP) is 3.07. The highest BCUT2D eigenvalue weighted by molar-refractivity contribution is 6.10. The molecule has 1 aromatic carbocycles. The third-order valence-corrected chi connectivity index (χ3v) is 8.67. The van der Waals surface area contributed by atoms with Gasteiger partial charge in [-0.15, -0.1) is 0 Å². The first-order valence-corrected chi connectivity index (χ1v) is 13.4. The number of hydrogen-bond acceptors (Lipinski definition) is 6. The number of aryl methyl sites for hydroxylation is 1. The Hall–Kier alpha value is -4.81. The van der Waals surface area contributed by atoms with Crippen LogP contribution in [0.5, 0.6) is 0 Å². The van der Waals surface area contributed by atoms with E-state index in [1.807, 2.05) is 6.07 Å². The van der Waals surface area contributed by atoms with E-state index in [1.165, 1.54) is 6.20 Å². The van der Waals surface area contributed by atoms with E-state index in [0.717, 1.165) is 21.6 Å². The molecule has 2 spiro atoms. The fourth-order valence-electron chi connectivity index (χ4n) is 6.88. The Balaban J connectivity index is 1.15. The van der Waals surface area contributed by atoms with Gasteiger partial charge in [0.15, 0.2) is 5.54 Å². The fourth-order valence-corrected chi connectivity index (χ4v) is 6.88. The third kappa shape index (κ3) is 3.72. The van der Waals surface area contributed by atoms with Crippen molar-refractivity contribution < 1.29 is 32.3 Å². The zero-order valence-electron chi connectivity index (χ0n) is 22.0. The number of anilines is 2. The molecule has 7 rings (SSSR count). The van der Waals surface area contributed by atoms with E-state index in [1.54, 1.807) is 42.6 Å². The van der Waals surface area contributed by atoms with Crippen molar-refractivity contribution in [2.45, 2.75) is 42.8 Å². The van der Waals surface area contributed by atoms with Crippen molar-refractivity contribution in [2.75, 3.05) is 23.7 Å². The molecule has 3 aromatic rings. The topological polar surface area (TPSA) is 125 Å². The van der Waals surface area contributed by atoms with Crippen LogP contribution in [0.3, 0.4) is 0 Å². The predicted molar refractivity (Wildman–Crippen MR) is 141 cm³/mol. The standard InChI is InChI=1S/C29H23F3N6O4/c30-29(31,32)15-37-25(41)28(8-7-16-4-1-2-5-19(16)28)38(26(37)42)14-22(39)35-18-10-17-11-27(12-21(17)34-13-18)20-6-3-9-33-23(20)36-24(27)40/h1-6,9-10,13H,7-8,11-12,14-15H2,(H,35,39)(H,33,36,40)/t27-,28?/m0/s1. The number of aromatic nitrogens is 2. The van der Waals surface area contributed by atoms with E-state index in [9.17, 15) is 32.3 Å². The molecule has 0 radical (unpaired) electrons. The van der Waals surface area contributed by atoms with E-state index in [0.29, 0.717) is 42.0 Å². The molecule has 4 aliphatic rings. The van der Waals surface area contributed by atoms with E-state index < -0.39 is 48.1 Å². The average Bonchev–Trinajstić information content (AvgIpc) is 3.65. The summed E-state index contributed by atoms with van der Waals surface area (Å²) >= 11 is 0. The quantitative estimate of drug-likeness (QED) is 0.460. The molecular weight excluding hydrogens is 553 g/mol. The number of rotatable bonds is 4. The summed E-state index contributed by atoms with van der Waals surface area (Å²) in [7, 11) is 0. The Morgan fingerprint density at radius 3 is 2.62 bits per heavy atom. The van der Waals surface area contributed by atoms with Crippen LogP contribution in [0.1, 0.15) is 34.4 Å². The first kappa shape index (κ1) is 26.1. The lowest BCUT2D eigenvalue weighted by molar-refractivity contribution is -0.155. The van der Waals surface area contributed by atoms with Gasteiger partial charge in [0.1, 0.15) is 18.9 Å². The molecule has 4 heterocycles. The van der Waals surface area contributed by atoms with Gasteiger partial charge in [0.25, 0.3) is 5.91 Å². The van der Waals surface area contributed by atoms with Gasteiger partial charge in [-0.2, -0.15) is 13.2 Å². The number of fused-ring (bicyclic) bond motifs is 5. The Morgan fingerprint density at radius 2 is 1.81 bits per heavy atom. The number of halogens is 3. The maximum absolute atomic E-state index is 13.5. The zero-order valence-corrected chi connectivity index (χ0v) is 22.0. The molecule has 13 heteroatoms. The van der Waals surface area contributed by atoms with E-state index in [-0.39, 0.29) is 17.2 Å². The lowest BCUT2D eigenvalue weighted by Gasteiger charge is -2.32. The normalized spacial score (nSPS) is 23.9. The summed E-state index contributed by atoms with van der Waals surface area (Å²) < 4.78 is 40.0. The monoisotopic (exact) mass is 576 g/mol. The number of urea groups is 1. The molecule has 0 saturated carbocycles. The Morgan fingerprint density at radius 1 is 1.02 bits per heavy atom. The maximum atomic E-state index is 13.5. The summed E-state index contributed by atoms with van der Waals surface area (Å²) in [5.41, 5.74) is 1.14. The minimum atomic E-state index is -4.80. The summed E-state index contributed by atoms with van der Waals surface area (Å²) in [4.78, 5) is 62.9. The van der Waals surface area contributed by atoms with Crippen molar-refractivity contribution >= 4 is 35.3 Å². The molecule has 2 aromatic heterocycles. The highest BCUT2D eigenvalue weighted by Gasteiger charge is 2.62. The minimum absolute atomic E-state index is 0.0689. The highest BCUT2D eigenvalue weighted by Crippen LogP contribution is 2.48. The summed E-state index contributed by atoms with van der Waals surface area (Å²) in [6.45, 7) is -2.38. The SMILES string of the molecule is O=C(CN1C(=O)N(CC(F)(F)F)C(=O)C12CCc1ccccc12)Nc1cnc2c(c1)C[C@@]1(C2)C(=O)Nc2ncccc21. The van der Waals surface area contributed by atoms with Gasteiger partial charge in [0, 0.05) is 23.9 Å². The molecule has 2 aliphatic carbocycles. The Labute approximate surface area is 236 Å². The minimum Gasteiger partial charge on any atom is -0.323 e. The first-order chi connectivity index (χ1) is 20.0. The number of carbonyl (C=O) groups is 4. The fraction of sp³-hybridized carbons (Fsp3) is 0.310. The first-order valence-electron chi connectivity index (χ1n) is 13.4. The van der Waals surface area contributed by atoms with Gasteiger partial charge < -0.3 is 10.6 Å². The van der Waals surface area contributed by atoms with E-state index in [4.69, 9.17) is 0 Å². The second-order valence-corrected chi connectivity index (χ2v) is 11.1. The zero-order chi connectivity index (χ0) is 29.4. The van der Waals surface area contributed by atoms with Crippen molar-refractivity contribution in [2.24, 2.45) is 0 Å². The van der Waals surface area contributed by atoms with Crippen LogP contribution in [0.15, 0.2) is 54.9 Å². The molecule has 1 fully saturated rings. The smallest absolute Gasteiger partial charge is 0.323 e. The summed E-state index contributed by atoms with van der Waals surface area (Å²) in [6.07, 6.45) is -0.627. The molecular formula is C29H23F3N6O4. The van der Waals surface area contributed by atoms with Crippen LogP contribution in [-0.4, -0.2) is 62.8 Å². The number of nitrogens with one attached hydrogen (secondary N) is 2. The molecule has 0 bridgehead atoms. The van der Waals surface area contributed by atoms with Crippen LogP contribution < -0.4 is 10.6 Å². The van der Waals surface area contributed by atoms with Gasteiger partial charge in [-0.05, 0) is 48.1 Å². The molecule has 2 aliphatic heterocycles. The molecule has 42 heavy (non-hydrogen) atoms. The second-order valence-electron chi connectivity index (χ2n) is 11.1. The number of imide groups is 1. The van der Waals surface area contributed by atoms with Crippen molar-refractivity contribution in [1.29, 1.82) is 0 Å². The van der Waals surface area contributed by atoms with Gasteiger partial charge in [0.05, 0.1) is 17.3 Å². The van der Waals surface area contributed by atoms with Gasteiger partial charge in [-0.25, -0.2) is 9.78 Å². The highest BCUT2D eigenvalue weighted by atomic mass is 19.4. The van der Waals surface area contributed by atoms with Gasteiger partial charge in [0.2, 0.25) is 11.8 Å². The van der Waals surface area contributed by atoms with Crippen LogP contribution in [0.2, 0.25) is 0 Å². The maximum Gasteiger partial charge on any atom is 0.406 e. The van der Waals surface area contributed by atoms with E-state index in [2.05, 4.69) is 20.6 Å². The summed E-state index contributed by atoms with van der Waals surface area (Å²) in [5, 5.41) is 5.50. The number of nitrogens with zero attached hydrogens (tertiary/aromatic N) is 4. The molecule has 2 N–H and O–H groups in total. The molecule has 1 unspecified atom stereocenters. The third-order valence-electron chi connectivity index (χ3n) is 8.67. The number of alkyl halides is 3. The molecule has 5 amide bonds. The number of hydrogen-bond donors (Lipinski definition) is 2. The lowest BCUT2D eigenvalue weighted by atomic mass is 9.80. The molecule has 1 saturated heterocycles. The van der Waals surface area contributed by atoms with Gasteiger partial charge in [-0.3, -0.25) is 29.2 Å². The van der Waals surface area contributed by atoms with Crippen LogP contribution >= 0.6 is 0 Å². The number of amides is 5. The molecule has 214 valence electrons. The van der Waals surface area contributed by atoms with Gasteiger partial charge >= 0.3 is 12.2 Å².